The molecule has 0 aliphatic carbocycles. The molecule has 4 heteroatoms. The highest BCUT2D eigenvalue weighted by Crippen LogP contribution is 2.14. The van der Waals surface area contributed by atoms with Crippen molar-refractivity contribution in [1.29, 1.82) is 0 Å². The van der Waals surface area contributed by atoms with E-state index in [1.807, 2.05) is 0 Å². The number of esters is 2. The van der Waals surface area contributed by atoms with E-state index in [4.69, 9.17) is 9.47 Å². The SMILES string of the molecule is O=C1OCCCCCC=CCCCCCOC(=O)c2ccccc21. The Balaban J connectivity index is 2.00. The molecule has 2 rings (SSSR count). The van der Waals surface area contributed by atoms with Crippen LogP contribution in [0.2, 0.25) is 0 Å². The third-order valence-corrected chi connectivity index (χ3v) is 4.03. The highest BCUT2D eigenvalue weighted by molar-refractivity contribution is 6.03. The van der Waals surface area contributed by atoms with Crippen molar-refractivity contribution in [1.82, 2.24) is 0 Å². The molecule has 0 radical (unpaired) electrons. The van der Waals surface area contributed by atoms with Gasteiger partial charge >= 0.3 is 11.9 Å². The number of fused-ring (bicyclic) bond motifs is 1. The summed E-state index contributed by atoms with van der Waals surface area (Å²) in [4.78, 5) is 24.4. The van der Waals surface area contributed by atoms with Gasteiger partial charge in [-0.25, -0.2) is 9.59 Å². The Kier molecular flexibility index (Phi) is 8.08. The summed E-state index contributed by atoms with van der Waals surface area (Å²) in [5.41, 5.74) is 0.568. The summed E-state index contributed by atoms with van der Waals surface area (Å²) in [7, 11) is 0. The predicted octanol–water partition coefficient (Wildman–Crippen LogP) is 4.69. The first kappa shape index (κ1) is 18.2. The molecular weight excluding hydrogens is 304 g/mol. The van der Waals surface area contributed by atoms with Crippen LogP contribution >= 0.6 is 0 Å². The highest BCUT2D eigenvalue weighted by atomic mass is 16.5. The van der Waals surface area contributed by atoms with Gasteiger partial charge in [0.15, 0.2) is 0 Å². The summed E-state index contributed by atoms with van der Waals surface area (Å²) in [6.07, 6.45) is 12.6. The Morgan fingerprint density at radius 1 is 0.625 bits per heavy atom. The number of carbonyl (C=O) groups excluding carboxylic acids is 2. The molecule has 0 spiro atoms. The highest BCUT2D eigenvalue weighted by Gasteiger charge is 2.18. The molecule has 1 aliphatic heterocycles. The lowest BCUT2D eigenvalue weighted by atomic mass is 10.1. The van der Waals surface area contributed by atoms with Gasteiger partial charge in [0.25, 0.3) is 0 Å². The van der Waals surface area contributed by atoms with Crippen molar-refractivity contribution >= 4 is 11.9 Å². The van der Waals surface area contributed by atoms with E-state index < -0.39 is 11.9 Å². The van der Waals surface area contributed by atoms with Crippen molar-refractivity contribution in [2.45, 2.75) is 51.4 Å². The van der Waals surface area contributed by atoms with Crippen LogP contribution in [0.5, 0.6) is 0 Å². The second-order valence-corrected chi connectivity index (χ2v) is 5.99. The molecule has 0 unspecified atom stereocenters. The summed E-state index contributed by atoms with van der Waals surface area (Å²) in [5.74, 6) is -0.910. The van der Waals surface area contributed by atoms with Crippen molar-refractivity contribution in [2.75, 3.05) is 13.2 Å². The topological polar surface area (TPSA) is 52.6 Å². The van der Waals surface area contributed by atoms with E-state index in [1.165, 1.54) is 0 Å². The summed E-state index contributed by atoms with van der Waals surface area (Å²) in [5, 5.41) is 0. The van der Waals surface area contributed by atoms with Crippen molar-refractivity contribution in [2.24, 2.45) is 0 Å². The van der Waals surface area contributed by atoms with Crippen molar-refractivity contribution < 1.29 is 19.1 Å². The molecule has 0 saturated heterocycles. The standard InChI is InChI=1S/C20H26O4/c21-19-17-13-9-10-14-18(17)20(22)24-16-12-8-6-4-2-1-3-5-7-11-15-23-19/h1-2,9-10,13-14H,3-8,11-12,15-16H2. The number of allylic oxidation sites excluding steroid dienone is 2. The maximum Gasteiger partial charge on any atom is 0.339 e. The van der Waals surface area contributed by atoms with Gasteiger partial charge in [0.2, 0.25) is 0 Å². The molecule has 0 aromatic heterocycles. The zero-order valence-electron chi connectivity index (χ0n) is 14.2. The van der Waals surface area contributed by atoms with Crippen LogP contribution in [0.4, 0.5) is 0 Å². The van der Waals surface area contributed by atoms with Crippen LogP contribution in [0.3, 0.4) is 0 Å². The molecule has 130 valence electrons. The van der Waals surface area contributed by atoms with Crippen LogP contribution in [0.15, 0.2) is 36.4 Å². The normalized spacial score (nSPS) is 18.7. The summed E-state index contributed by atoms with van der Waals surface area (Å²) >= 11 is 0. The summed E-state index contributed by atoms with van der Waals surface area (Å²) in [6.45, 7) is 0.762. The van der Waals surface area contributed by atoms with Crippen molar-refractivity contribution in [3.8, 4) is 0 Å². The van der Waals surface area contributed by atoms with Gasteiger partial charge in [-0.3, -0.25) is 0 Å². The van der Waals surface area contributed by atoms with E-state index in [1.54, 1.807) is 24.3 Å². The molecule has 1 aromatic carbocycles. The fourth-order valence-corrected chi connectivity index (χ4v) is 2.64. The van der Waals surface area contributed by atoms with Crippen LogP contribution in [-0.2, 0) is 9.47 Å². The van der Waals surface area contributed by atoms with Crippen LogP contribution in [0, 0.1) is 0 Å². The Labute approximate surface area is 143 Å². The second kappa shape index (κ2) is 10.6. The minimum Gasteiger partial charge on any atom is -0.462 e. The fraction of sp³-hybridized carbons (Fsp3) is 0.500. The molecule has 1 aliphatic rings. The monoisotopic (exact) mass is 330 g/mol. The van der Waals surface area contributed by atoms with Gasteiger partial charge in [-0.05, 0) is 63.5 Å². The van der Waals surface area contributed by atoms with E-state index in [0.717, 1.165) is 51.4 Å². The van der Waals surface area contributed by atoms with Gasteiger partial charge < -0.3 is 9.47 Å². The van der Waals surface area contributed by atoms with E-state index >= 15 is 0 Å². The maximum atomic E-state index is 12.2. The van der Waals surface area contributed by atoms with Crippen LogP contribution in [0.1, 0.15) is 72.1 Å². The molecule has 24 heavy (non-hydrogen) atoms. The lowest BCUT2D eigenvalue weighted by Gasteiger charge is -2.10. The average molecular weight is 330 g/mol. The predicted molar refractivity (Wildman–Crippen MR) is 93.1 cm³/mol. The molecule has 0 saturated carbocycles. The average Bonchev–Trinajstić information content (AvgIpc) is 2.61. The first-order valence-electron chi connectivity index (χ1n) is 8.87. The molecule has 0 amide bonds. The number of benzene rings is 1. The first-order chi connectivity index (χ1) is 11.8. The van der Waals surface area contributed by atoms with E-state index in [0.29, 0.717) is 13.2 Å². The number of rotatable bonds is 0. The third kappa shape index (κ3) is 6.19. The third-order valence-electron chi connectivity index (χ3n) is 4.03. The number of hydrogen-bond donors (Lipinski definition) is 0. The quantitative estimate of drug-likeness (QED) is 0.511. The van der Waals surface area contributed by atoms with Gasteiger partial charge in [0.1, 0.15) is 0 Å². The minimum absolute atomic E-state index is 0.284. The molecule has 1 heterocycles. The molecular formula is C20H26O4. The van der Waals surface area contributed by atoms with Gasteiger partial charge in [-0.2, -0.15) is 0 Å². The summed E-state index contributed by atoms with van der Waals surface area (Å²) in [6, 6.07) is 6.68. The fourth-order valence-electron chi connectivity index (χ4n) is 2.64. The van der Waals surface area contributed by atoms with E-state index in [-0.39, 0.29) is 11.1 Å². The molecule has 1 aromatic rings. The lowest BCUT2D eigenvalue weighted by Crippen LogP contribution is -2.15. The van der Waals surface area contributed by atoms with Gasteiger partial charge in [0, 0.05) is 0 Å². The number of cyclic esters (lactones) is 2. The maximum absolute atomic E-state index is 12.2. The number of carbonyl (C=O) groups is 2. The zero-order chi connectivity index (χ0) is 17.0. The largest absolute Gasteiger partial charge is 0.462 e. The van der Waals surface area contributed by atoms with Crippen molar-refractivity contribution in [3.63, 3.8) is 0 Å². The molecule has 0 bridgehead atoms. The molecule has 0 fully saturated rings. The Bertz CT molecular complexity index is 514. The zero-order valence-corrected chi connectivity index (χ0v) is 14.2. The Morgan fingerprint density at radius 2 is 1.08 bits per heavy atom. The van der Waals surface area contributed by atoms with Crippen LogP contribution in [0.25, 0.3) is 0 Å². The smallest absolute Gasteiger partial charge is 0.339 e. The Hall–Kier alpha value is -2.10. The Morgan fingerprint density at radius 3 is 1.54 bits per heavy atom. The second-order valence-electron chi connectivity index (χ2n) is 5.99. The lowest BCUT2D eigenvalue weighted by molar-refractivity contribution is 0.0450. The van der Waals surface area contributed by atoms with Gasteiger partial charge in [-0.1, -0.05) is 24.3 Å². The van der Waals surface area contributed by atoms with E-state index in [2.05, 4.69) is 12.2 Å². The van der Waals surface area contributed by atoms with Crippen LogP contribution < -0.4 is 0 Å². The van der Waals surface area contributed by atoms with Gasteiger partial charge in [0.05, 0.1) is 24.3 Å². The van der Waals surface area contributed by atoms with E-state index in [9.17, 15) is 9.59 Å². The molecule has 0 N–H and O–H groups in total. The number of hydrogen-bond acceptors (Lipinski definition) is 4. The number of ether oxygens (including phenoxy) is 2. The first-order valence-corrected chi connectivity index (χ1v) is 8.87. The minimum atomic E-state index is -0.455. The summed E-state index contributed by atoms with van der Waals surface area (Å²) < 4.78 is 10.6. The van der Waals surface area contributed by atoms with Gasteiger partial charge in [-0.15, -0.1) is 0 Å². The van der Waals surface area contributed by atoms with Crippen LogP contribution in [-0.4, -0.2) is 25.2 Å². The molecule has 0 atom stereocenters. The molecule has 4 nitrogen and oxygen atoms in total. The van der Waals surface area contributed by atoms with Crippen molar-refractivity contribution in [3.05, 3.63) is 47.5 Å².